The number of hydrogen-bond donors (Lipinski definition) is 3. The maximum atomic E-state index is 12.9. The molecule has 0 amide bonds. The van der Waals surface area contributed by atoms with Crippen LogP contribution < -0.4 is 0 Å². The van der Waals surface area contributed by atoms with E-state index in [2.05, 4.69) is 41.5 Å². The van der Waals surface area contributed by atoms with Crippen molar-refractivity contribution in [2.75, 3.05) is 39.6 Å². The lowest BCUT2D eigenvalue weighted by atomic mass is 10.0. The van der Waals surface area contributed by atoms with E-state index in [1.54, 1.807) is 0 Å². The number of phosphoric acid groups is 2. The van der Waals surface area contributed by atoms with Gasteiger partial charge in [-0.05, 0) is 37.5 Å². The van der Waals surface area contributed by atoms with Crippen LogP contribution in [0.2, 0.25) is 0 Å². The summed E-state index contributed by atoms with van der Waals surface area (Å²) < 4.78 is 67.6. The smallest absolute Gasteiger partial charge is 0.462 e. The van der Waals surface area contributed by atoms with E-state index in [4.69, 9.17) is 37.0 Å². The third kappa shape index (κ3) is 53.2. The van der Waals surface area contributed by atoms with Gasteiger partial charge in [0.25, 0.3) is 0 Å². The zero-order valence-electron chi connectivity index (χ0n) is 49.2. The maximum absolute atomic E-state index is 12.9. The molecule has 0 saturated heterocycles. The highest BCUT2D eigenvalue weighted by atomic mass is 31.2. The highest BCUT2D eigenvalue weighted by molar-refractivity contribution is 7.47. The molecule has 19 heteroatoms. The van der Waals surface area contributed by atoms with E-state index >= 15 is 0 Å². The van der Waals surface area contributed by atoms with Crippen LogP contribution >= 0.6 is 15.6 Å². The predicted octanol–water partition coefficient (Wildman–Crippen LogP) is 15.3. The van der Waals surface area contributed by atoms with E-state index < -0.39 is 97.5 Å². The van der Waals surface area contributed by atoms with Crippen LogP contribution in [0.3, 0.4) is 0 Å². The molecule has 456 valence electrons. The standard InChI is InChI=1S/C58H112O17P2/c1-7-9-11-13-15-17-22-30-36-42-57(62)74-53(46-68-55(60)40-34-28-21-16-14-12-10-8-2)48-72-76(64,65)70-44-52(59)45-71-77(66,67)73-49-54(47-69-56(61)41-35-29-25-24-27-33-39-51(5)6)75-58(63)43-37-31-23-19-18-20-26-32-38-50(3)4/h50-54,59H,7-49H2,1-6H3,(H,64,65)(H,66,67)/t52-,53+,54+/m0/s1. The van der Waals surface area contributed by atoms with Crippen molar-refractivity contribution in [3.8, 4) is 0 Å². The summed E-state index contributed by atoms with van der Waals surface area (Å²) in [5.41, 5.74) is 0. The molecule has 77 heavy (non-hydrogen) atoms. The zero-order chi connectivity index (χ0) is 57.3. The summed E-state index contributed by atoms with van der Waals surface area (Å²) in [5.74, 6) is -0.751. The van der Waals surface area contributed by atoms with Crippen LogP contribution in [-0.2, 0) is 65.4 Å². The summed E-state index contributed by atoms with van der Waals surface area (Å²) in [4.78, 5) is 71.8. The van der Waals surface area contributed by atoms with Crippen LogP contribution in [0.1, 0.15) is 279 Å². The second-order valence-electron chi connectivity index (χ2n) is 22.0. The van der Waals surface area contributed by atoms with Crippen molar-refractivity contribution in [2.45, 2.75) is 297 Å². The van der Waals surface area contributed by atoms with Crippen LogP contribution in [0, 0.1) is 11.8 Å². The number of esters is 4. The Morgan fingerprint density at radius 2 is 0.597 bits per heavy atom. The molecule has 0 radical (unpaired) electrons. The van der Waals surface area contributed by atoms with Crippen LogP contribution in [0.15, 0.2) is 0 Å². The molecule has 0 heterocycles. The quantitative estimate of drug-likeness (QED) is 0.0222. The minimum atomic E-state index is -4.94. The van der Waals surface area contributed by atoms with Gasteiger partial charge in [0.1, 0.15) is 19.3 Å². The van der Waals surface area contributed by atoms with Crippen molar-refractivity contribution in [2.24, 2.45) is 11.8 Å². The number of hydrogen-bond acceptors (Lipinski definition) is 15. The van der Waals surface area contributed by atoms with Crippen molar-refractivity contribution in [1.29, 1.82) is 0 Å². The van der Waals surface area contributed by atoms with Gasteiger partial charge in [-0.15, -0.1) is 0 Å². The lowest BCUT2D eigenvalue weighted by Crippen LogP contribution is -2.30. The highest BCUT2D eigenvalue weighted by Gasteiger charge is 2.30. The van der Waals surface area contributed by atoms with Gasteiger partial charge in [0.05, 0.1) is 26.4 Å². The van der Waals surface area contributed by atoms with Gasteiger partial charge >= 0.3 is 39.5 Å². The second-order valence-corrected chi connectivity index (χ2v) is 24.9. The number of unbranched alkanes of at least 4 members (excludes halogenated alkanes) is 27. The number of ether oxygens (including phenoxy) is 4. The number of rotatable bonds is 57. The molecule has 0 aromatic heterocycles. The molecule has 0 aromatic carbocycles. The second kappa shape index (κ2) is 51.0. The molecule has 17 nitrogen and oxygen atoms in total. The van der Waals surface area contributed by atoms with Gasteiger partial charge < -0.3 is 33.8 Å². The first-order chi connectivity index (χ1) is 36.9. The molecule has 0 aliphatic rings. The molecular formula is C58H112O17P2. The van der Waals surface area contributed by atoms with E-state index in [-0.39, 0.29) is 25.7 Å². The SMILES string of the molecule is CCCCCCCCCCCC(=O)O[C@H](COC(=O)CCCCCCCCCC)COP(=O)(O)OC[C@H](O)COP(=O)(O)OC[C@@H](COC(=O)CCCCCCCCC(C)C)OC(=O)CCCCCCCCCCC(C)C. The first-order valence-electron chi connectivity index (χ1n) is 30.5. The van der Waals surface area contributed by atoms with Crippen LogP contribution in [0.25, 0.3) is 0 Å². The third-order valence-electron chi connectivity index (χ3n) is 13.2. The Kier molecular flexibility index (Phi) is 49.7. The van der Waals surface area contributed by atoms with E-state index in [0.29, 0.717) is 31.6 Å². The topological polar surface area (TPSA) is 237 Å². The van der Waals surface area contributed by atoms with Gasteiger partial charge in [0, 0.05) is 25.7 Å². The average molecular weight is 1140 g/mol. The van der Waals surface area contributed by atoms with Crippen molar-refractivity contribution in [3.63, 3.8) is 0 Å². The average Bonchev–Trinajstić information content (AvgIpc) is 3.38. The fourth-order valence-corrected chi connectivity index (χ4v) is 10.0. The van der Waals surface area contributed by atoms with Gasteiger partial charge in [-0.3, -0.25) is 37.3 Å². The lowest BCUT2D eigenvalue weighted by molar-refractivity contribution is -0.161. The molecule has 0 aliphatic heterocycles. The van der Waals surface area contributed by atoms with Crippen LogP contribution in [0.4, 0.5) is 0 Å². The number of carbonyl (C=O) groups excluding carboxylic acids is 4. The molecule has 0 saturated carbocycles. The number of phosphoric ester groups is 2. The molecule has 2 unspecified atom stereocenters. The normalized spacial score (nSPS) is 14.5. The van der Waals surface area contributed by atoms with Gasteiger partial charge in [0.15, 0.2) is 12.2 Å². The highest BCUT2D eigenvalue weighted by Crippen LogP contribution is 2.45. The number of aliphatic hydroxyl groups is 1. The summed E-state index contributed by atoms with van der Waals surface area (Å²) in [6.07, 6.45) is 31.0. The minimum absolute atomic E-state index is 0.103. The van der Waals surface area contributed by atoms with Gasteiger partial charge in [0.2, 0.25) is 0 Å². The molecule has 5 atom stereocenters. The third-order valence-corrected chi connectivity index (χ3v) is 15.1. The van der Waals surface area contributed by atoms with E-state index in [1.165, 1.54) is 83.5 Å². The molecule has 0 bridgehead atoms. The monoisotopic (exact) mass is 1140 g/mol. The zero-order valence-corrected chi connectivity index (χ0v) is 51.0. The van der Waals surface area contributed by atoms with Gasteiger partial charge in [-0.1, -0.05) is 228 Å². The number of carbonyl (C=O) groups is 4. The molecule has 0 fully saturated rings. The van der Waals surface area contributed by atoms with Crippen molar-refractivity contribution < 1.29 is 80.2 Å². The van der Waals surface area contributed by atoms with E-state index in [1.807, 2.05) is 0 Å². The summed E-state index contributed by atoms with van der Waals surface area (Å²) in [6, 6.07) is 0. The summed E-state index contributed by atoms with van der Waals surface area (Å²) in [7, 11) is -9.87. The van der Waals surface area contributed by atoms with Crippen molar-refractivity contribution in [3.05, 3.63) is 0 Å². The molecule has 0 aliphatic carbocycles. The first-order valence-corrected chi connectivity index (χ1v) is 33.5. The fourth-order valence-electron chi connectivity index (χ4n) is 8.47. The van der Waals surface area contributed by atoms with Crippen LogP contribution in [-0.4, -0.2) is 96.7 Å². The molecule has 0 rings (SSSR count). The predicted molar refractivity (Wildman–Crippen MR) is 303 cm³/mol. The summed E-state index contributed by atoms with van der Waals surface area (Å²) in [6.45, 7) is 9.28. The Bertz CT molecular complexity index is 1530. The Balaban J connectivity index is 5.22. The Labute approximate surface area is 467 Å². The van der Waals surface area contributed by atoms with Crippen molar-refractivity contribution >= 4 is 39.5 Å². The molecular weight excluding hydrogens is 1030 g/mol. The van der Waals surface area contributed by atoms with Gasteiger partial charge in [-0.2, -0.15) is 0 Å². The summed E-state index contributed by atoms with van der Waals surface area (Å²) >= 11 is 0. The molecule has 3 N–H and O–H groups in total. The first kappa shape index (κ1) is 75.1. The Morgan fingerprint density at radius 1 is 0.351 bits per heavy atom. The number of aliphatic hydroxyl groups excluding tert-OH is 1. The Hall–Kier alpha value is -1.94. The fraction of sp³-hybridized carbons (Fsp3) is 0.931. The Morgan fingerprint density at radius 3 is 0.883 bits per heavy atom. The largest absolute Gasteiger partial charge is 0.472 e. The van der Waals surface area contributed by atoms with Gasteiger partial charge in [-0.25, -0.2) is 9.13 Å². The van der Waals surface area contributed by atoms with E-state index in [9.17, 15) is 43.2 Å². The van der Waals surface area contributed by atoms with E-state index in [0.717, 1.165) is 109 Å². The minimum Gasteiger partial charge on any atom is -0.462 e. The molecule has 0 spiro atoms. The molecule has 0 aromatic rings. The lowest BCUT2D eigenvalue weighted by Gasteiger charge is -2.21. The van der Waals surface area contributed by atoms with Crippen molar-refractivity contribution in [1.82, 2.24) is 0 Å². The maximum Gasteiger partial charge on any atom is 0.472 e. The van der Waals surface area contributed by atoms with Crippen LogP contribution in [0.5, 0.6) is 0 Å². The summed E-state index contributed by atoms with van der Waals surface area (Å²) in [5, 5.41) is 10.5.